The number of hydrogen-bond donors (Lipinski definition) is 0. The molecular weight excluding hydrogens is 304 g/mol. The molecule has 0 aromatic heterocycles. The van der Waals surface area contributed by atoms with Crippen LogP contribution in [0.25, 0.3) is 0 Å². The summed E-state index contributed by atoms with van der Waals surface area (Å²) in [5.41, 5.74) is 2.31. The highest BCUT2D eigenvalue weighted by Crippen LogP contribution is 2.19. The van der Waals surface area contributed by atoms with E-state index in [1.54, 1.807) is 0 Å². The minimum Gasteiger partial charge on any atom is -0.392 e. The van der Waals surface area contributed by atoms with Gasteiger partial charge >= 0.3 is 0 Å². The largest absolute Gasteiger partial charge is 0.392 e. The van der Waals surface area contributed by atoms with Crippen LogP contribution in [0.15, 0.2) is 10.3 Å². The number of hydrogen-bond acceptors (Lipinski definition) is 6. The van der Waals surface area contributed by atoms with Crippen LogP contribution in [0.1, 0.15) is 40.5 Å². The van der Waals surface area contributed by atoms with Gasteiger partial charge in [0.1, 0.15) is 0 Å². The van der Waals surface area contributed by atoms with Crippen LogP contribution >= 0.6 is 0 Å². The lowest BCUT2D eigenvalue weighted by atomic mass is 9.93. The number of oxime groups is 2. The Morgan fingerprint density at radius 3 is 1.54 bits per heavy atom. The fraction of sp³-hybridized carbons (Fsp3) is 0.889. The van der Waals surface area contributed by atoms with Gasteiger partial charge in [-0.3, -0.25) is 0 Å². The Labute approximate surface area is 146 Å². The number of likely N-dealkylation sites (tertiary alicyclic amines) is 2. The van der Waals surface area contributed by atoms with Crippen molar-refractivity contribution >= 4 is 11.4 Å². The SMILES string of the molecule is C[C@@H]1CN(C)[C@H](C)C/C1=N/OCCO/N=C1/C[C@@H](C)N(C)C[C@@H]1C. The second-order valence-electron chi connectivity index (χ2n) is 7.62. The minimum absolute atomic E-state index is 0.445. The summed E-state index contributed by atoms with van der Waals surface area (Å²) < 4.78 is 0. The summed E-state index contributed by atoms with van der Waals surface area (Å²) in [7, 11) is 4.33. The predicted molar refractivity (Wildman–Crippen MR) is 98.5 cm³/mol. The van der Waals surface area contributed by atoms with Crippen molar-refractivity contribution in [3.8, 4) is 0 Å². The van der Waals surface area contributed by atoms with E-state index in [9.17, 15) is 0 Å². The highest BCUT2D eigenvalue weighted by Gasteiger charge is 2.26. The van der Waals surface area contributed by atoms with Crippen LogP contribution in [0.2, 0.25) is 0 Å². The molecule has 2 rings (SSSR count). The first-order valence-corrected chi connectivity index (χ1v) is 9.16. The first-order chi connectivity index (χ1) is 11.4. The highest BCUT2D eigenvalue weighted by molar-refractivity contribution is 5.87. The normalized spacial score (nSPS) is 36.2. The van der Waals surface area contributed by atoms with Crippen LogP contribution in [0.3, 0.4) is 0 Å². The van der Waals surface area contributed by atoms with Crippen LogP contribution in [-0.4, -0.2) is 73.7 Å². The lowest BCUT2D eigenvalue weighted by molar-refractivity contribution is 0.0502. The molecule has 6 nitrogen and oxygen atoms in total. The van der Waals surface area contributed by atoms with E-state index in [0.29, 0.717) is 37.1 Å². The Balaban J connectivity index is 1.69. The summed E-state index contributed by atoms with van der Waals surface area (Å²) in [5.74, 6) is 0.905. The zero-order chi connectivity index (χ0) is 17.7. The maximum Gasteiger partial charge on any atom is 0.153 e. The molecule has 0 radical (unpaired) electrons. The second-order valence-corrected chi connectivity index (χ2v) is 7.62. The molecule has 0 aromatic carbocycles. The molecule has 4 atom stereocenters. The summed E-state index contributed by atoms with van der Waals surface area (Å²) in [6, 6.07) is 1.05. The average Bonchev–Trinajstić information content (AvgIpc) is 2.52. The van der Waals surface area contributed by atoms with E-state index in [4.69, 9.17) is 9.68 Å². The molecule has 0 spiro atoms. The third-order valence-electron chi connectivity index (χ3n) is 5.40. The second kappa shape index (κ2) is 8.81. The smallest absolute Gasteiger partial charge is 0.153 e. The van der Waals surface area contributed by atoms with Gasteiger partial charge in [-0.1, -0.05) is 24.2 Å². The van der Waals surface area contributed by atoms with Crippen molar-refractivity contribution in [1.29, 1.82) is 0 Å². The van der Waals surface area contributed by atoms with E-state index in [2.05, 4.69) is 61.9 Å². The Hall–Kier alpha value is -1.14. The monoisotopic (exact) mass is 338 g/mol. The molecule has 2 aliphatic heterocycles. The lowest BCUT2D eigenvalue weighted by Crippen LogP contribution is -2.43. The molecule has 6 heteroatoms. The fourth-order valence-corrected chi connectivity index (χ4v) is 3.34. The standard InChI is InChI=1S/C18H34N4O2/c1-13-11-21(5)15(3)9-17(13)19-23-7-8-24-20-18-10-16(4)22(6)12-14(18)2/h13-16H,7-12H2,1-6H3/b19-17-,20-18-/t13-,14+,15-,16-/m1/s1. The lowest BCUT2D eigenvalue weighted by Gasteiger charge is -2.34. The van der Waals surface area contributed by atoms with Gasteiger partial charge in [0.05, 0.1) is 11.4 Å². The van der Waals surface area contributed by atoms with Crippen LogP contribution in [0, 0.1) is 11.8 Å². The molecule has 0 amide bonds. The molecule has 0 saturated carbocycles. The maximum atomic E-state index is 5.45. The summed E-state index contributed by atoms with van der Waals surface area (Å²) in [6.07, 6.45) is 1.95. The molecule has 0 aromatic rings. The zero-order valence-electron chi connectivity index (χ0n) is 16.2. The first kappa shape index (κ1) is 19.2. The van der Waals surface area contributed by atoms with Crippen molar-refractivity contribution in [2.45, 2.75) is 52.6 Å². The molecule has 138 valence electrons. The molecule has 0 N–H and O–H groups in total. The van der Waals surface area contributed by atoms with Crippen molar-refractivity contribution in [2.24, 2.45) is 22.1 Å². The molecule has 0 bridgehead atoms. The van der Waals surface area contributed by atoms with E-state index in [1.165, 1.54) is 0 Å². The van der Waals surface area contributed by atoms with Gasteiger partial charge < -0.3 is 19.5 Å². The van der Waals surface area contributed by atoms with Gasteiger partial charge in [0.2, 0.25) is 0 Å². The van der Waals surface area contributed by atoms with Crippen LogP contribution < -0.4 is 0 Å². The molecule has 0 unspecified atom stereocenters. The summed E-state index contributed by atoms with van der Waals surface area (Å²) in [4.78, 5) is 15.6. The van der Waals surface area contributed by atoms with E-state index >= 15 is 0 Å². The van der Waals surface area contributed by atoms with E-state index in [-0.39, 0.29) is 0 Å². The third kappa shape index (κ3) is 5.18. The highest BCUT2D eigenvalue weighted by atomic mass is 16.7. The maximum absolute atomic E-state index is 5.45. The molecular formula is C18H34N4O2. The predicted octanol–water partition coefficient (Wildman–Crippen LogP) is 2.45. The van der Waals surface area contributed by atoms with Gasteiger partial charge in [-0.05, 0) is 27.9 Å². The third-order valence-corrected chi connectivity index (χ3v) is 5.40. The Morgan fingerprint density at radius 2 is 1.17 bits per heavy atom. The van der Waals surface area contributed by atoms with Crippen molar-refractivity contribution in [2.75, 3.05) is 40.4 Å². The molecule has 2 fully saturated rings. The van der Waals surface area contributed by atoms with Crippen LogP contribution in [0.5, 0.6) is 0 Å². The molecule has 2 heterocycles. The van der Waals surface area contributed by atoms with Crippen molar-refractivity contribution in [3.63, 3.8) is 0 Å². The Bertz CT molecular complexity index is 424. The number of piperidine rings is 2. The quantitative estimate of drug-likeness (QED) is 0.571. The summed E-state index contributed by atoms with van der Waals surface area (Å²) >= 11 is 0. The molecule has 2 aliphatic rings. The molecule has 24 heavy (non-hydrogen) atoms. The first-order valence-electron chi connectivity index (χ1n) is 9.16. The minimum atomic E-state index is 0.445. The van der Waals surface area contributed by atoms with Crippen LogP contribution in [0.4, 0.5) is 0 Å². The number of rotatable bonds is 5. The fourth-order valence-electron chi connectivity index (χ4n) is 3.34. The Morgan fingerprint density at radius 1 is 0.792 bits per heavy atom. The number of nitrogens with zero attached hydrogens (tertiary/aromatic N) is 4. The van der Waals surface area contributed by atoms with Gasteiger partial charge in [-0.2, -0.15) is 0 Å². The van der Waals surface area contributed by atoms with Gasteiger partial charge in [0.15, 0.2) is 13.2 Å². The van der Waals surface area contributed by atoms with Crippen molar-refractivity contribution in [3.05, 3.63) is 0 Å². The van der Waals surface area contributed by atoms with Crippen molar-refractivity contribution in [1.82, 2.24) is 9.80 Å². The van der Waals surface area contributed by atoms with Crippen LogP contribution in [-0.2, 0) is 9.68 Å². The van der Waals surface area contributed by atoms with Gasteiger partial charge in [0, 0.05) is 49.9 Å². The Kier molecular flexibility index (Phi) is 7.04. The topological polar surface area (TPSA) is 49.7 Å². The van der Waals surface area contributed by atoms with E-state index < -0.39 is 0 Å². The van der Waals surface area contributed by atoms with Gasteiger partial charge in [0.25, 0.3) is 0 Å². The van der Waals surface area contributed by atoms with E-state index in [0.717, 1.165) is 37.4 Å². The molecule has 0 aliphatic carbocycles. The average molecular weight is 338 g/mol. The van der Waals surface area contributed by atoms with Gasteiger partial charge in [-0.25, -0.2) is 0 Å². The summed E-state index contributed by atoms with van der Waals surface area (Å²) in [6.45, 7) is 11.8. The zero-order valence-corrected chi connectivity index (χ0v) is 16.2. The van der Waals surface area contributed by atoms with Crippen molar-refractivity contribution < 1.29 is 9.68 Å². The van der Waals surface area contributed by atoms with E-state index in [1.807, 2.05) is 0 Å². The molecule has 2 saturated heterocycles. The summed E-state index contributed by atoms with van der Waals surface area (Å²) in [5, 5.41) is 8.65. The van der Waals surface area contributed by atoms with Gasteiger partial charge in [-0.15, -0.1) is 0 Å².